The van der Waals surface area contributed by atoms with Gasteiger partial charge in [-0.2, -0.15) is 0 Å². The predicted octanol–water partition coefficient (Wildman–Crippen LogP) is 1.31. The van der Waals surface area contributed by atoms with E-state index in [-0.39, 0.29) is 37.7 Å². The van der Waals surface area contributed by atoms with Gasteiger partial charge in [-0.15, -0.1) is 0 Å². The Hall–Kier alpha value is -0.870. The molecule has 0 aromatic carbocycles. The maximum absolute atomic E-state index is 10.5. The van der Waals surface area contributed by atoms with Gasteiger partial charge in [0.25, 0.3) is 0 Å². The number of hydrogen-bond donors (Lipinski definition) is 3. The van der Waals surface area contributed by atoms with Gasteiger partial charge in [0.2, 0.25) is 0 Å². The van der Waals surface area contributed by atoms with Gasteiger partial charge >= 0.3 is 103 Å². The van der Waals surface area contributed by atoms with Crippen molar-refractivity contribution in [3.05, 3.63) is 0 Å². The van der Waals surface area contributed by atoms with Gasteiger partial charge in [0.1, 0.15) is 0 Å². The summed E-state index contributed by atoms with van der Waals surface area (Å²) in [6, 6.07) is 0. The molecule has 0 saturated heterocycles. The molecule has 0 aliphatic heterocycles. The predicted molar refractivity (Wildman–Crippen MR) is 65.5 cm³/mol. The van der Waals surface area contributed by atoms with Crippen molar-refractivity contribution in [2.45, 2.75) is 19.3 Å². The van der Waals surface area contributed by atoms with E-state index in [1.807, 2.05) is 0 Å². The minimum absolute atomic E-state index is 0.144. The van der Waals surface area contributed by atoms with E-state index in [2.05, 4.69) is 0 Å². The third-order valence-electron chi connectivity index (χ3n) is 2.36. The molecule has 100 valence electrons. The second kappa shape index (κ2) is 7.45. The molecule has 0 rings (SSSR count). The van der Waals surface area contributed by atoms with Crippen LogP contribution in [0.2, 0.25) is 0 Å². The Bertz CT molecular complexity index is 260. The van der Waals surface area contributed by atoms with E-state index in [9.17, 15) is 14.4 Å². The van der Waals surface area contributed by atoms with Crippen LogP contribution in [0.15, 0.2) is 0 Å². The molecule has 0 aliphatic rings. The van der Waals surface area contributed by atoms with Gasteiger partial charge in [-0.05, 0) is 0 Å². The molecule has 0 aliphatic carbocycles. The molecule has 0 bridgehead atoms. The third-order valence-corrected chi connectivity index (χ3v) is 7.50. The van der Waals surface area contributed by atoms with E-state index in [1.54, 1.807) is 0 Å². The first-order valence-electron chi connectivity index (χ1n) is 5.09. The molecule has 0 radical (unpaired) electrons. The van der Waals surface area contributed by atoms with E-state index in [0.717, 1.165) is 0 Å². The summed E-state index contributed by atoms with van der Waals surface area (Å²) in [5, 5.41) is 25.7. The van der Waals surface area contributed by atoms with Gasteiger partial charge in [-0.25, -0.2) is 0 Å². The molecule has 0 heterocycles. The number of carboxylic acids is 3. The van der Waals surface area contributed by atoms with E-state index in [0.29, 0.717) is 0 Å². The summed E-state index contributed by atoms with van der Waals surface area (Å²) in [6.45, 7) is -2.61. The van der Waals surface area contributed by atoms with Crippen LogP contribution in [0.1, 0.15) is 19.3 Å². The summed E-state index contributed by atoms with van der Waals surface area (Å²) < 4.78 is 0. The summed E-state index contributed by atoms with van der Waals surface area (Å²) in [7, 11) is 0. The van der Waals surface area contributed by atoms with Crippen molar-refractivity contribution in [2.24, 2.45) is 0 Å². The molecule has 8 heteroatoms. The Kier molecular flexibility index (Phi) is 7.07. The first kappa shape index (κ1) is 16.1. The van der Waals surface area contributed by atoms with Crippen LogP contribution in [0.3, 0.4) is 0 Å². The third kappa shape index (κ3) is 8.89. The van der Waals surface area contributed by atoms with Crippen LogP contribution in [0.5, 0.6) is 0 Å². The number of rotatable bonds is 9. The first-order chi connectivity index (χ1) is 7.75. The van der Waals surface area contributed by atoms with Crippen LogP contribution in [0, 0.1) is 0 Å². The summed E-state index contributed by atoms with van der Waals surface area (Å²) in [6.07, 6.45) is 0.165. The fourth-order valence-corrected chi connectivity index (χ4v) is 4.95. The van der Waals surface area contributed by atoms with Gasteiger partial charge in [0.15, 0.2) is 0 Å². The van der Waals surface area contributed by atoms with E-state index in [4.69, 9.17) is 26.6 Å². The Labute approximate surface area is 104 Å². The van der Waals surface area contributed by atoms with Crippen molar-refractivity contribution >= 4 is 35.8 Å². The standard InChI is InChI=1S/C9H16ClO6P/c10-17(4-1-7(11)12,5-2-8(13)14)6-3-9(15)16/h17H,1-6H2,(H,11,12)(H,13,14)(H,15,16). The van der Waals surface area contributed by atoms with Crippen LogP contribution < -0.4 is 0 Å². The molecule has 3 N–H and O–H groups in total. The van der Waals surface area contributed by atoms with Crippen molar-refractivity contribution in [2.75, 3.05) is 18.5 Å². The zero-order valence-corrected chi connectivity index (χ0v) is 10.9. The van der Waals surface area contributed by atoms with Crippen molar-refractivity contribution in [1.82, 2.24) is 0 Å². The van der Waals surface area contributed by atoms with Gasteiger partial charge in [-0.3, -0.25) is 0 Å². The van der Waals surface area contributed by atoms with Crippen LogP contribution in [0.25, 0.3) is 0 Å². The summed E-state index contributed by atoms with van der Waals surface area (Å²) in [5.41, 5.74) is 0. The van der Waals surface area contributed by atoms with Gasteiger partial charge in [0.05, 0.1) is 0 Å². The van der Waals surface area contributed by atoms with Crippen molar-refractivity contribution in [1.29, 1.82) is 0 Å². The molecule has 0 amide bonds. The van der Waals surface area contributed by atoms with E-state index >= 15 is 0 Å². The zero-order valence-electron chi connectivity index (χ0n) is 9.19. The minimum atomic E-state index is -2.61. The number of carbonyl (C=O) groups is 3. The molecule has 0 aromatic rings. The fraction of sp³-hybridized carbons (Fsp3) is 0.667. The molecule has 0 unspecified atom stereocenters. The molecular weight excluding hydrogens is 271 g/mol. The Morgan fingerprint density at radius 3 is 1.18 bits per heavy atom. The molecule has 17 heavy (non-hydrogen) atoms. The number of hydrogen-bond acceptors (Lipinski definition) is 3. The van der Waals surface area contributed by atoms with E-state index < -0.39 is 24.5 Å². The molecule has 0 fully saturated rings. The summed E-state index contributed by atoms with van der Waals surface area (Å²) in [5.74, 6) is -3.02. The Morgan fingerprint density at radius 1 is 0.765 bits per heavy atom. The number of carboxylic acid groups (broad SMARTS) is 3. The molecule has 0 aromatic heterocycles. The second-order valence-corrected chi connectivity index (χ2v) is 10.0. The quantitative estimate of drug-likeness (QED) is 0.551. The fourth-order valence-electron chi connectivity index (χ4n) is 1.37. The maximum atomic E-state index is 10.5. The summed E-state index contributed by atoms with van der Waals surface area (Å²) in [4.78, 5) is 31.4. The average Bonchev–Trinajstić information content (AvgIpc) is 2.21. The van der Waals surface area contributed by atoms with Gasteiger partial charge in [-0.1, -0.05) is 0 Å². The Balaban J connectivity index is 4.37. The van der Waals surface area contributed by atoms with Crippen LogP contribution >= 0.6 is 17.9 Å². The molecule has 0 atom stereocenters. The normalized spacial score (nSPS) is 12.1. The molecular formula is C9H16ClO6P. The molecule has 0 spiro atoms. The van der Waals surface area contributed by atoms with Crippen molar-refractivity contribution in [3.63, 3.8) is 0 Å². The monoisotopic (exact) mass is 286 g/mol. The van der Waals surface area contributed by atoms with Crippen LogP contribution in [-0.2, 0) is 14.4 Å². The van der Waals surface area contributed by atoms with Gasteiger partial charge in [0, 0.05) is 0 Å². The Morgan fingerprint density at radius 2 is 1.00 bits per heavy atom. The number of halogens is 1. The second-order valence-electron chi connectivity index (χ2n) is 3.83. The van der Waals surface area contributed by atoms with E-state index in [1.165, 1.54) is 0 Å². The zero-order chi connectivity index (χ0) is 13.5. The topological polar surface area (TPSA) is 112 Å². The van der Waals surface area contributed by atoms with Gasteiger partial charge < -0.3 is 0 Å². The SMILES string of the molecule is O=C(O)CC[PH](Cl)(CCC(=O)O)CCC(=O)O. The van der Waals surface area contributed by atoms with Crippen LogP contribution in [-0.4, -0.2) is 51.7 Å². The first-order valence-corrected chi connectivity index (χ1v) is 8.73. The average molecular weight is 287 g/mol. The van der Waals surface area contributed by atoms with Crippen molar-refractivity contribution < 1.29 is 29.7 Å². The molecule has 0 saturated carbocycles. The number of aliphatic carboxylic acids is 3. The molecule has 6 nitrogen and oxygen atoms in total. The van der Waals surface area contributed by atoms with Crippen molar-refractivity contribution in [3.8, 4) is 0 Å². The summed E-state index contributed by atoms with van der Waals surface area (Å²) >= 11 is 6.22. The van der Waals surface area contributed by atoms with Crippen LogP contribution in [0.4, 0.5) is 0 Å².